The third kappa shape index (κ3) is 1.24. The first kappa shape index (κ1) is 7.01. The zero-order chi connectivity index (χ0) is 7.56. The number of carbonyl (C=O) groups is 2. The number of ether oxygens (including phenoxy) is 1. The molecular formula is C5H7NO4. The van der Waals surface area contributed by atoms with E-state index in [-0.39, 0.29) is 6.61 Å². The Morgan fingerprint density at radius 2 is 2.50 bits per heavy atom. The number of carbonyl (C=O) groups excluding carboxylic acids is 1. The second kappa shape index (κ2) is 2.66. The summed E-state index contributed by atoms with van der Waals surface area (Å²) in [5.41, 5.74) is 0. The molecule has 5 nitrogen and oxygen atoms in total. The van der Waals surface area contributed by atoms with Crippen LogP contribution < -0.4 is 5.32 Å². The van der Waals surface area contributed by atoms with E-state index in [0.29, 0.717) is 6.54 Å². The maximum Gasteiger partial charge on any atom is 0.334 e. The Balaban J connectivity index is 2.56. The van der Waals surface area contributed by atoms with Crippen molar-refractivity contribution in [1.29, 1.82) is 0 Å². The Kier molecular flexibility index (Phi) is 1.86. The molecule has 1 saturated heterocycles. The van der Waals surface area contributed by atoms with Crippen LogP contribution >= 0.6 is 0 Å². The van der Waals surface area contributed by atoms with E-state index in [9.17, 15) is 9.59 Å². The summed E-state index contributed by atoms with van der Waals surface area (Å²) in [6.45, 7) is 0.658. The average molecular weight is 145 g/mol. The number of hydrogen-bond acceptors (Lipinski definition) is 4. The first-order chi connectivity index (χ1) is 4.72. The van der Waals surface area contributed by atoms with Crippen LogP contribution in [0.2, 0.25) is 0 Å². The van der Waals surface area contributed by atoms with Gasteiger partial charge < -0.3 is 9.84 Å². The van der Waals surface area contributed by atoms with E-state index in [1.165, 1.54) is 0 Å². The van der Waals surface area contributed by atoms with E-state index in [2.05, 4.69) is 10.1 Å². The highest BCUT2D eigenvalue weighted by Gasteiger charge is 2.29. The van der Waals surface area contributed by atoms with Gasteiger partial charge in [-0.1, -0.05) is 0 Å². The molecule has 0 aromatic heterocycles. The van der Waals surface area contributed by atoms with Gasteiger partial charge >= 0.3 is 11.9 Å². The summed E-state index contributed by atoms with van der Waals surface area (Å²) >= 11 is 0. The van der Waals surface area contributed by atoms with Crippen LogP contribution in [0, 0.1) is 0 Å². The molecule has 1 fully saturated rings. The molecule has 1 heterocycles. The summed E-state index contributed by atoms with van der Waals surface area (Å²) in [7, 11) is 0. The topological polar surface area (TPSA) is 75.6 Å². The van der Waals surface area contributed by atoms with Crippen molar-refractivity contribution in [2.24, 2.45) is 0 Å². The van der Waals surface area contributed by atoms with Crippen LogP contribution in [0.15, 0.2) is 0 Å². The highest BCUT2D eigenvalue weighted by molar-refractivity contribution is 5.98. The predicted molar refractivity (Wildman–Crippen MR) is 30.4 cm³/mol. The monoisotopic (exact) mass is 145 g/mol. The lowest BCUT2D eigenvalue weighted by Crippen LogP contribution is -2.50. The fourth-order valence-corrected chi connectivity index (χ4v) is 0.710. The molecule has 2 N–H and O–H groups in total. The van der Waals surface area contributed by atoms with Crippen LogP contribution in [0.25, 0.3) is 0 Å². The van der Waals surface area contributed by atoms with E-state index < -0.39 is 18.0 Å². The lowest BCUT2D eigenvalue weighted by Gasteiger charge is -2.18. The molecule has 1 rings (SSSR count). The summed E-state index contributed by atoms with van der Waals surface area (Å²) in [5.74, 6) is -1.90. The molecule has 56 valence electrons. The number of carboxylic acid groups (broad SMARTS) is 1. The summed E-state index contributed by atoms with van der Waals surface area (Å²) in [6.07, 6.45) is 0. The number of esters is 1. The van der Waals surface area contributed by atoms with Crippen molar-refractivity contribution in [3.63, 3.8) is 0 Å². The van der Waals surface area contributed by atoms with Crippen LogP contribution in [0.3, 0.4) is 0 Å². The normalized spacial score (nSPS) is 25.6. The molecule has 0 aromatic rings. The van der Waals surface area contributed by atoms with Crippen molar-refractivity contribution in [3.8, 4) is 0 Å². The number of morpholine rings is 1. The van der Waals surface area contributed by atoms with Gasteiger partial charge in [-0.2, -0.15) is 0 Å². The quantitative estimate of drug-likeness (QED) is 0.350. The standard InChI is InChI=1S/C5H7NO4/c7-4(8)3-5(9)10-2-1-6-3/h3,6H,1-2H2,(H,7,8). The van der Waals surface area contributed by atoms with Gasteiger partial charge in [-0.25, -0.2) is 9.59 Å². The van der Waals surface area contributed by atoms with Gasteiger partial charge in [-0.05, 0) is 0 Å². The van der Waals surface area contributed by atoms with Crippen LogP contribution in [0.4, 0.5) is 0 Å². The van der Waals surface area contributed by atoms with Gasteiger partial charge in [0.15, 0.2) is 0 Å². The molecule has 0 aromatic carbocycles. The van der Waals surface area contributed by atoms with E-state index in [4.69, 9.17) is 5.11 Å². The molecule has 0 saturated carbocycles. The largest absolute Gasteiger partial charge is 0.480 e. The molecule has 0 amide bonds. The molecule has 0 bridgehead atoms. The second-order valence-electron chi connectivity index (χ2n) is 1.89. The molecule has 10 heavy (non-hydrogen) atoms. The Morgan fingerprint density at radius 3 is 2.90 bits per heavy atom. The fraction of sp³-hybridized carbons (Fsp3) is 0.600. The van der Waals surface area contributed by atoms with Gasteiger partial charge in [0.05, 0.1) is 0 Å². The summed E-state index contributed by atoms with van der Waals surface area (Å²) in [4.78, 5) is 20.8. The molecule has 1 atom stereocenters. The van der Waals surface area contributed by atoms with Gasteiger partial charge in [-0.3, -0.25) is 5.32 Å². The number of carboxylic acids is 1. The van der Waals surface area contributed by atoms with Gasteiger partial charge in [-0.15, -0.1) is 0 Å². The highest BCUT2D eigenvalue weighted by atomic mass is 16.5. The van der Waals surface area contributed by atoms with Crippen LogP contribution in [0.1, 0.15) is 0 Å². The lowest BCUT2D eigenvalue weighted by atomic mass is 10.3. The van der Waals surface area contributed by atoms with Crippen molar-refractivity contribution in [1.82, 2.24) is 5.32 Å². The summed E-state index contributed by atoms with van der Waals surface area (Å²) in [6, 6.07) is -1.17. The zero-order valence-electron chi connectivity index (χ0n) is 5.16. The number of aliphatic carboxylic acids is 1. The first-order valence-electron chi connectivity index (χ1n) is 2.84. The zero-order valence-corrected chi connectivity index (χ0v) is 5.16. The van der Waals surface area contributed by atoms with E-state index in [0.717, 1.165) is 0 Å². The number of hydrogen-bond donors (Lipinski definition) is 2. The van der Waals surface area contributed by atoms with Crippen molar-refractivity contribution in [2.75, 3.05) is 13.2 Å². The Morgan fingerprint density at radius 1 is 1.80 bits per heavy atom. The lowest BCUT2D eigenvalue weighted by molar-refractivity contribution is -0.158. The molecule has 5 heteroatoms. The Hall–Kier alpha value is -1.10. The SMILES string of the molecule is O=C(O)C1NCCOC1=O. The van der Waals surface area contributed by atoms with Crippen molar-refractivity contribution >= 4 is 11.9 Å². The molecule has 0 aliphatic carbocycles. The Labute approximate surface area is 57.0 Å². The van der Waals surface area contributed by atoms with E-state index >= 15 is 0 Å². The smallest absolute Gasteiger partial charge is 0.334 e. The molecular weight excluding hydrogens is 138 g/mol. The average Bonchev–Trinajstić information content (AvgIpc) is 1.88. The minimum absolute atomic E-state index is 0.253. The third-order valence-electron chi connectivity index (χ3n) is 1.18. The van der Waals surface area contributed by atoms with Crippen LogP contribution in [-0.2, 0) is 14.3 Å². The molecule has 1 aliphatic heterocycles. The Bertz CT molecular complexity index is 167. The predicted octanol–water partition coefficient (Wildman–Crippen LogP) is -1.41. The maximum atomic E-state index is 10.6. The number of nitrogens with one attached hydrogen (secondary N) is 1. The minimum Gasteiger partial charge on any atom is -0.480 e. The van der Waals surface area contributed by atoms with Crippen LogP contribution in [0.5, 0.6) is 0 Å². The van der Waals surface area contributed by atoms with Gasteiger partial charge in [0.25, 0.3) is 0 Å². The summed E-state index contributed by atoms with van der Waals surface area (Å²) < 4.78 is 4.47. The highest BCUT2D eigenvalue weighted by Crippen LogP contribution is 1.94. The molecule has 0 spiro atoms. The molecule has 1 unspecified atom stereocenters. The van der Waals surface area contributed by atoms with Gasteiger partial charge in [0.2, 0.25) is 6.04 Å². The number of rotatable bonds is 1. The van der Waals surface area contributed by atoms with E-state index in [1.807, 2.05) is 0 Å². The van der Waals surface area contributed by atoms with Crippen molar-refractivity contribution in [3.05, 3.63) is 0 Å². The van der Waals surface area contributed by atoms with Crippen molar-refractivity contribution < 1.29 is 19.4 Å². The molecule has 1 aliphatic rings. The van der Waals surface area contributed by atoms with Crippen LogP contribution in [-0.4, -0.2) is 36.2 Å². The van der Waals surface area contributed by atoms with Gasteiger partial charge in [0.1, 0.15) is 6.61 Å². The number of cyclic esters (lactones) is 1. The third-order valence-corrected chi connectivity index (χ3v) is 1.18. The summed E-state index contributed by atoms with van der Waals surface area (Å²) in [5, 5.41) is 10.8. The minimum atomic E-state index is -1.19. The maximum absolute atomic E-state index is 10.6. The molecule has 0 radical (unpaired) electrons. The first-order valence-corrected chi connectivity index (χ1v) is 2.84. The van der Waals surface area contributed by atoms with E-state index in [1.54, 1.807) is 0 Å². The van der Waals surface area contributed by atoms with Gasteiger partial charge in [0, 0.05) is 6.54 Å². The van der Waals surface area contributed by atoms with Crippen molar-refractivity contribution in [2.45, 2.75) is 6.04 Å². The fourth-order valence-electron chi connectivity index (χ4n) is 0.710. The second-order valence-corrected chi connectivity index (χ2v) is 1.89.